The van der Waals surface area contributed by atoms with Gasteiger partial charge in [0.1, 0.15) is 11.5 Å². The van der Waals surface area contributed by atoms with E-state index in [1.807, 2.05) is 36.4 Å². The fourth-order valence-corrected chi connectivity index (χ4v) is 4.84. The first-order valence-electron chi connectivity index (χ1n) is 14.3. The smallest absolute Gasteiger partial charge is 0.120 e. The molecule has 4 rings (SSSR count). The number of rotatable bonds is 14. The first kappa shape index (κ1) is 28.8. The molecule has 2 aromatic carbocycles. The van der Waals surface area contributed by atoms with Gasteiger partial charge in [-0.3, -0.25) is 0 Å². The van der Waals surface area contributed by atoms with Gasteiger partial charge in [-0.2, -0.15) is 5.26 Å². The lowest BCUT2D eigenvalue weighted by molar-refractivity contribution is 0.290. The van der Waals surface area contributed by atoms with Crippen molar-refractivity contribution in [2.24, 2.45) is 0 Å². The number of nitrogens with two attached hydrogens (primary N) is 1. The Morgan fingerprint density at radius 1 is 0.676 bits per heavy atom. The molecule has 2 aliphatic rings. The maximum absolute atomic E-state index is 8.80. The number of anilines is 1. The summed E-state index contributed by atoms with van der Waals surface area (Å²) >= 11 is 0. The molecule has 0 unspecified atom stereocenters. The van der Waals surface area contributed by atoms with Crippen LogP contribution in [0.4, 0.5) is 5.69 Å². The molecular weight excluding hydrogens is 460 g/mol. The largest absolute Gasteiger partial charge is 0.494 e. The average Bonchev–Trinajstić information content (AvgIpc) is 3.64. The molecule has 2 aliphatic heterocycles. The molecule has 0 aromatic heterocycles. The van der Waals surface area contributed by atoms with Crippen molar-refractivity contribution in [2.45, 2.75) is 64.2 Å². The third-order valence-electron chi connectivity index (χ3n) is 7.02. The average molecular weight is 507 g/mol. The van der Waals surface area contributed by atoms with Crippen molar-refractivity contribution in [3.8, 4) is 17.6 Å². The van der Waals surface area contributed by atoms with Gasteiger partial charge in [-0.1, -0.05) is 6.07 Å². The van der Waals surface area contributed by atoms with Gasteiger partial charge >= 0.3 is 0 Å². The molecule has 6 nitrogen and oxygen atoms in total. The molecule has 0 aliphatic carbocycles. The van der Waals surface area contributed by atoms with Gasteiger partial charge in [0.25, 0.3) is 0 Å². The number of nitrogen functional groups attached to an aromatic ring is 1. The summed E-state index contributed by atoms with van der Waals surface area (Å²) in [5.41, 5.74) is 7.06. The third kappa shape index (κ3) is 12.4. The predicted octanol–water partition coefficient (Wildman–Crippen LogP) is 6.12. The number of hydrogen-bond acceptors (Lipinski definition) is 6. The molecule has 2 saturated heterocycles. The highest BCUT2D eigenvalue weighted by atomic mass is 16.5. The Balaban J connectivity index is 0.000000206. The van der Waals surface area contributed by atoms with Crippen LogP contribution in [-0.2, 0) is 0 Å². The lowest BCUT2D eigenvalue weighted by Crippen LogP contribution is -2.20. The van der Waals surface area contributed by atoms with Crippen LogP contribution in [0, 0.1) is 11.3 Å². The molecule has 2 N–H and O–H groups in total. The maximum Gasteiger partial charge on any atom is 0.120 e. The normalized spacial score (nSPS) is 15.6. The first-order valence-corrected chi connectivity index (χ1v) is 14.3. The number of benzene rings is 2. The molecule has 0 atom stereocenters. The summed E-state index contributed by atoms with van der Waals surface area (Å²) in [6.07, 6.45) is 12.8. The molecule has 202 valence electrons. The van der Waals surface area contributed by atoms with Crippen molar-refractivity contribution < 1.29 is 9.47 Å². The number of likely N-dealkylation sites (tertiary alicyclic amines) is 2. The van der Waals surface area contributed by atoms with Crippen molar-refractivity contribution in [2.75, 3.05) is 58.2 Å². The van der Waals surface area contributed by atoms with Crippen LogP contribution < -0.4 is 15.2 Å². The molecule has 6 heteroatoms. The second kappa shape index (κ2) is 17.7. The van der Waals surface area contributed by atoms with Crippen molar-refractivity contribution in [3.05, 3.63) is 54.1 Å². The molecular formula is C31H46N4O2. The van der Waals surface area contributed by atoms with Crippen molar-refractivity contribution in [1.82, 2.24) is 9.80 Å². The molecule has 2 heterocycles. The van der Waals surface area contributed by atoms with Gasteiger partial charge in [-0.25, -0.2) is 0 Å². The van der Waals surface area contributed by atoms with Gasteiger partial charge in [0.15, 0.2) is 0 Å². The minimum absolute atomic E-state index is 0.659. The number of hydrogen-bond donors (Lipinski definition) is 1. The molecule has 2 aromatic rings. The van der Waals surface area contributed by atoms with Crippen LogP contribution >= 0.6 is 0 Å². The Morgan fingerprint density at radius 2 is 1.22 bits per heavy atom. The van der Waals surface area contributed by atoms with Crippen LogP contribution in [0.5, 0.6) is 11.5 Å². The van der Waals surface area contributed by atoms with E-state index in [9.17, 15) is 0 Å². The summed E-state index contributed by atoms with van der Waals surface area (Å²) < 4.78 is 11.3. The molecule has 0 amide bonds. The molecule has 0 radical (unpaired) electrons. The highest BCUT2D eigenvalue weighted by molar-refractivity contribution is 5.41. The van der Waals surface area contributed by atoms with Crippen LogP contribution in [-0.4, -0.2) is 62.3 Å². The summed E-state index contributed by atoms with van der Waals surface area (Å²) in [5.74, 6) is 1.72. The number of nitriles is 1. The Kier molecular flexibility index (Phi) is 13.8. The molecule has 0 saturated carbocycles. The maximum atomic E-state index is 8.80. The minimum atomic E-state index is 0.659. The zero-order chi connectivity index (χ0) is 26.0. The van der Waals surface area contributed by atoms with E-state index in [1.54, 1.807) is 12.1 Å². The molecule has 2 fully saturated rings. The van der Waals surface area contributed by atoms with E-state index < -0.39 is 0 Å². The summed E-state index contributed by atoms with van der Waals surface area (Å²) in [6.45, 7) is 9.25. The second-order valence-corrected chi connectivity index (χ2v) is 10.1. The number of ether oxygens (including phenoxy) is 2. The monoisotopic (exact) mass is 506 g/mol. The van der Waals surface area contributed by atoms with Gasteiger partial charge in [-0.05, 0) is 146 Å². The quantitative estimate of drug-likeness (QED) is 0.246. The van der Waals surface area contributed by atoms with Crippen LogP contribution in [0.15, 0.2) is 48.5 Å². The predicted molar refractivity (Wildman–Crippen MR) is 152 cm³/mol. The van der Waals surface area contributed by atoms with Crippen LogP contribution in [0.1, 0.15) is 69.8 Å². The SMILES string of the molecule is N#Cc1cccc(OCCCCCN2CCCC2)c1.Nc1ccc(OCCCCCN2CCCC2)cc1. The Labute approximate surface area is 224 Å². The fourth-order valence-electron chi connectivity index (χ4n) is 4.84. The zero-order valence-corrected chi connectivity index (χ0v) is 22.6. The van der Waals surface area contributed by atoms with Gasteiger partial charge < -0.3 is 25.0 Å². The lowest BCUT2D eigenvalue weighted by atomic mass is 10.2. The number of nitrogens with zero attached hydrogens (tertiary/aromatic N) is 3. The van der Waals surface area contributed by atoms with E-state index in [2.05, 4.69) is 15.9 Å². The fraction of sp³-hybridized carbons (Fsp3) is 0.581. The van der Waals surface area contributed by atoms with E-state index in [0.29, 0.717) is 5.56 Å². The summed E-state index contributed by atoms with van der Waals surface area (Å²) in [5, 5.41) is 8.80. The van der Waals surface area contributed by atoms with E-state index in [1.165, 1.54) is 90.6 Å². The lowest BCUT2D eigenvalue weighted by Gasteiger charge is -2.13. The van der Waals surface area contributed by atoms with Gasteiger partial charge in [0.2, 0.25) is 0 Å². The number of unbranched alkanes of at least 4 members (excludes halogenated alkanes) is 4. The van der Waals surface area contributed by atoms with Crippen molar-refractivity contribution >= 4 is 5.69 Å². The van der Waals surface area contributed by atoms with Crippen LogP contribution in [0.25, 0.3) is 0 Å². The van der Waals surface area contributed by atoms with E-state index >= 15 is 0 Å². The van der Waals surface area contributed by atoms with Crippen LogP contribution in [0.3, 0.4) is 0 Å². The van der Waals surface area contributed by atoms with E-state index in [-0.39, 0.29) is 0 Å². The van der Waals surface area contributed by atoms with E-state index in [0.717, 1.165) is 43.2 Å². The topological polar surface area (TPSA) is 74.8 Å². The Hall–Kier alpha value is -2.75. The minimum Gasteiger partial charge on any atom is -0.494 e. The Bertz CT molecular complexity index is 900. The summed E-state index contributed by atoms with van der Waals surface area (Å²) in [6, 6.07) is 17.1. The van der Waals surface area contributed by atoms with Gasteiger partial charge in [0.05, 0.1) is 24.8 Å². The third-order valence-corrected chi connectivity index (χ3v) is 7.02. The van der Waals surface area contributed by atoms with E-state index in [4.69, 9.17) is 20.5 Å². The summed E-state index contributed by atoms with van der Waals surface area (Å²) in [4.78, 5) is 5.12. The second-order valence-electron chi connectivity index (χ2n) is 10.1. The van der Waals surface area contributed by atoms with Gasteiger partial charge in [-0.15, -0.1) is 0 Å². The summed E-state index contributed by atoms with van der Waals surface area (Å²) in [7, 11) is 0. The molecule has 0 bridgehead atoms. The Morgan fingerprint density at radius 3 is 1.76 bits per heavy atom. The first-order chi connectivity index (χ1) is 18.2. The van der Waals surface area contributed by atoms with Gasteiger partial charge in [0, 0.05) is 5.69 Å². The molecule has 37 heavy (non-hydrogen) atoms. The molecule has 0 spiro atoms. The standard InChI is InChI=1S/C16H22N2O.C15H24N2O/c17-14-15-7-6-8-16(13-15)19-12-5-1-2-9-18-10-3-4-11-18;16-14-6-8-15(9-7-14)18-13-5-1-2-10-17-11-3-4-12-17/h6-8,13H,1-5,9-12H2;6-9H,1-5,10-13,16H2. The zero-order valence-electron chi connectivity index (χ0n) is 22.6. The highest BCUT2D eigenvalue weighted by Crippen LogP contribution is 2.15. The highest BCUT2D eigenvalue weighted by Gasteiger charge is 2.10. The van der Waals surface area contributed by atoms with Crippen molar-refractivity contribution in [1.29, 1.82) is 5.26 Å². The van der Waals surface area contributed by atoms with Crippen molar-refractivity contribution in [3.63, 3.8) is 0 Å². The van der Waals surface area contributed by atoms with Crippen LogP contribution in [0.2, 0.25) is 0 Å².